The van der Waals surface area contributed by atoms with Crippen LogP contribution in [0.15, 0.2) is 34.2 Å². The minimum atomic E-state index is 0.540. The van der Waals surface area contributed by atoms with Crippen LogP contribution in [0.1, 0.15) is 0 Å². The van der Waals surface area contributed by atoms with E-state index in [-0.39, 0.29) is 0 Å². The summed E-state index contributed by atoms with van der Waals surface area (Å²) in [4.78, 5) is 5.51. The van der Waals surface area contributed by atoms with E-state index in [0.717, 1.165) is 24.7 Å². The van der Waals surface area contributed by atoms with Crippen LogP contribution in [0.25, 0.3) is 0 Å². The van der Waals surface area contributed by atoms with Gasteiger partial charge in [-0.05, 0) is 30.5 Å². The van der Waals surface area contributed by atoms with Crippen LogP contribution in [0.2, 0.25) is 0 Å². The smallest absolute Gasteiger partial charge is 0.145 e. The van der Waals surface area contributed by atoms with Gasteiger partial charge in [-0.3, -0.25) is 4.99 Å². The maximum absolute atomic E-state index is 5.59. The highest BCUT2D eigenvalue weighted by Crippen LogP contribution is 2.18. The Hall–Kier alpha value is -1.16. The fraction of sp³-hybridized carbons (Fsp3) is 0.364. The second kappa shape index (κ2) is 5.07. The molecule has 1 N–H and O–H groups in total. The summed E-state index contributed by atoms with van der Waals surface area (Å²) >= 11 is 1.73. The summed E-state index contributed by atoms with van der Waals surface area (Å²) in [5.41, 5.74) is 0. The van der Waals surface area contributed by atoms with E-state index in [1.807, 2.05) is 12.1 Å². The summed E-state index contributed by atoms with van der Waals surface area (Å²) in [6.45, 7) is 2.34. The summed E-state index contributed by atoms with van der Waals surface area (Å²) in [5.74, 6) is 1.84. The monoisotopic (exact) mass is 222 g/mol. The van der Waals surface area contributed by atoms with E-state index in [2.05, 4.69) is 28.7 Å². The van der Waals surface area contributed by atoms with Gasteiger partial charge in [-0.1, -0.05) is 0 Å². The molecule has 0 spiro atoms. The zero-order valence-electron chi connectivity index (χ0n) is 8.69. The Morgan fingerprint density at radius 2 is 2.20 bits per heavy atom. The molecule has 80 valence electrons. The van der Waals surface area contributed by atoms with Crippen molar-refractivity contribution in [3.8, 4) is 5.75 Å². The van der Waals surface area contributed by atoms with Gasteiger partial charge in [-0.15, -0.1) is 11.8 Å². The van der Waals surface area contributed by atoms with Gasteiger partial charge in [0.2, 0.25) is 0 Å². The van der Waals surface area contributed by atoms with Gasteiger partial charge < -0.3 is 10.1 Å². The molecule has 1 aromatic rings. The molecule has 0 atom stereocenters. The van der Waals surface area contributed by atoms with E-state index >= 15 is 0 Å². The van der Waals surface area contributed by atoms with Gasteiger partial charge in [0.15, 0.2) is 0 Å². The Labute approximate surface area is 93.9 Å². The van der Waals surface area contributed by atoms with E-state index < -0.39 is 0 Å². The summed E-state index contributed by atoms with van der Waals surface area (Å²) in [6, 6.07) is 8.09. The first-order valence-corrected chi connectivity index (χ1v) is 6.15. The Bertz CT molecular complexity index is 348. The SMILES string of the molecule is CSc1ccc(OCC2=NCCN2)cc1. The zero-order chi connectivity index (χ0) is 10.5. The lowest BCUT2D eigenvalue weighted by atomic mass is 10.3. The molecule has 0 fully saturated rings. The normalized spacial score (nSPS) is 14.6. The number of hydrogen-bond acceptors (Lipinski definition) is 4. The van der Waals surface area contributed by atoms with Crippen molar-refractivity contribution >= 4 is 17.6 Å². The minimum Gasteiger partial charge on any atom is -0.486 e. The first-order valence-electron chi connectivity index (χ1n) is 4.92. The van der Waals surface area contributed by atoms with Gasteiger partial charge in [0, 0.05) is 11.4 Å². The van der Waals surface area contributed by atoms with Crippen molar-refractivity contribution < 1.29 is 4.74 Å². The number of benzene rings is 1. The molecule has 0 amide bonds. The van der Waals surface area contributed by atoms with Gasteiger partial charge >= 0.3 is 0 Å². The van der Waals surface area contributed by atoms with E-state index in [1.165, 1.54) is 4.90 Å². The van der Waals surface area contributed by atoms with Crippen LogP contribution in [0.3, 0.4) is 0 Å². The van der Waals surface area contributed by atoms with Crippen molar-refractivity contribution in [3.05, 3.63) is 24.3 Å². The minimum absolute atomic E-state index is 0.540. The third kappa shape index (κ3) is 2.89. The van der Waals surface area contributed by atoms with Crippen molar-refractivity contribution in [2.45, 2.75) is 4.90 Å². The van der Waals surface area contributed by atoms with Crippen molar-refractivity contribution in [1.29, 1.82) is 0 Å². The standard InChI is InChI=1S/C11H14N2OS/c1-15-10-4-2-9(3-5-10)14-8-11-12-6-7-13-11/h2-5H,6-8H2,1H3,(H,12,13). The Morgan fingerprint density at radius 3 is 2.80 bits per heavy atom. The summed E-state index contributed by atoms with van der Waals surface area (Å²) in [6.07, 6.45) is 2.06. The highest BCUT2D eigenvalue weighted by Gasteiger charge is 2.04. The molecule has 0 aliphatic carbocycles. The predicted octanol–water partition coefficient (Wildman–Crippen LogP) is 1.79. The lowest BCUT2D eigenvalue weighted by molar-refractivity contribution is 0.373. The average molecular weight is 222 g/mol. The van der Waals surface area contributed by atoms with E-state index in [0.29, 0.717) is 6.61 Å². The van der Waals surface area contributed by atoms with Gasteiger partial charge in [0.25, 0.3) is 0 Å². The average Bonchev–Trinajstić information content (AvgIpc) is 2.80. The molecule has 0 radical (unpaired) electrons. The molecule has 15 heavy (non-hydrogen) atoms. The quantitative estimate of drug-likeness (QED) is 0.789. The lowest BCUT2D eigenvalue weighted by Crippen LogP contribution is -2.24. The van der Waals surface area contributed by atoms with E-state index in [4.69, 9.17) is 4.74 Å². The van der Waals surface area contributed by atoms with Crippen LogP contribution >= 0.6 is 11.8 Å². The summed E-state index contributed by atoms with van der Waals surface area (Å²) in [7, 11) is 0. The molecule has 1 aliphatic heterocycles. The highest BCUT2D eigenvalue weighted by atomic mass is 32.2. The van der Waals surface area contributed by atoms with Crippen LogP contribution in [0.4, 0.5) is 0 Å². The lowest BCUT2D eigenvalue weighted by Gasteiger charge is -2.06. The first-order chi connectivity index (χ1) is 7.38. The summed E-state index contributed by atoms with van der Waals surface area (Å²) in [5, 5.41) is 3.17. The maximum Gasteiger partial charge on any atom is 0.145 e. The number of nitrogens with zero attached hydrogens (tertiary/aromatic N) is 1. The number of amidine groups is 1. The number of aliphatic imine (C=N–C) groups is 1. The second-order valence-corrected chi connectivity index (χ2v) is 4.10. The molecular weight excluding hydrogens is 208 g/mol. The van der Waals surface area contributed by atoms with E-state index in [1.54, 1.807) is 11.8 Å². The van der Waals surface area contributed by atoms with Crippen molar-refractivity contribution in [1.82, 2.24) is 5.32 Å². The number of ether oxygens (including phenoxy) is 1. The maximum atomic E-state index is 5.59. The molecule has 0 aromatic heterocycles. The molecular formula is C11H14N2OS. The topological polar surface area (TPSA) is 33.6 Å². The molecule has 1 aromatic carbocycles. The van der Waals surface area contributed by atoms with Crippen molar-refractivity contribution in [3.63, 3.8) is 0 Å². The fourth-order valence-electron chi connectivity index (χ4n) is 1.37. The predicted molar refractivity (Wildman–Crippen MR) is 64.0 cm³/mol. The number of thioether (sulfide) groups is 1. The van der Waals surface area contributed by atoms with Gasteiger partial charge in [-0.2, -0.15) is 0 Å². The molecule has 0 saturated heterocycles. The van der Waals surface area contributed by atoms with Gasteiger partial charge in [0.05, 0.1) is 6.54 Å². The summed E-state index contributed by atoms with van der Waals surface area (Å²) < 4.78 is 5.59. The molecule has 4 heteroatoms. The number of nitrogens with one attached hydrogen (secondary N) is 1. The zero-order valence-corrected chi connectivity index (χ0v) is 9.51. The Kier molecular flexibility index (Phi) is 3.50. The van der Waals surface area contributed by atoms with Crippen molar-refractivity contribution in [2.75, 3.05) is 26.0 Å². The molecule has 0 bridgehead atoms. The molecule has 3 nitrogen and oxygen atoms in total. The van der Waals surface area contributed by atoms with E-state index in [9.17, 15) is 0 Å². The van der Waals surface area contributed by atoms with Crippen LogP contribution in [0, 0.1) is 0 Å². The third-order valence-corrected chi connectivity index (χ3v) is 2.92. The highest BCUT2D eigenvalue weighted by molar-refractivity contribution is 7.98. The fourth-order valence-corrected chi connectivity index (χ4v) is 1.78. The Morgan fingerprint density at radius 1 is 1.40 bits per heavy atom. The first kappa shape index (κ1) is 10.4. The molecule has 0 saturated carbocycles. The number of hydrogen-bond donors (Lipinski definition) is 1. The third-order valence-electron chi connectivity index (χ3n) is 2.18. The molecule has 2 rings (SSSR count). The van der Waals surface area contributed by atoms with Crippen LogP contribution in [-0.4, -0.2) is 31.8 Å². The van der Waals surface area contributed by atoms with Gasteiger partial charge in [-0.25, -0.2) is 0 Å². The molecule has 1 aliphatic rings. The van der Waals surface area contributed by atoms with Crippen LogP contribution < -0.4 is 10.1 Å². The van der Waals surface area contributed by atoms with Crippen molar-refractivity contribution in [2.24, 2.45) is 4.99 Å². The molecule has 0 unspecified atom stereocenters. The number of rotatable bonds is 4. The largest absolute Gasteiger partial charge is 0.486 e. The van der Waals surface area contributed by atoms with Crippen LogP contribution in [0.5, 0.6) is 5.75 Å². The second-order valence-electron chi connectivity index (χ2n) is 3.22. The Balaban J connectivity index is 1.87. The van der Waals surface area contributed by atoms with Crippen LogP contribution in [-0.2, 0) is 0 Å². The van der Waals surface area contributed by atoms with Gasteiger partial charge in [0.1, 0.15) is 18.2 Å². The molecule has 1 heterocycles.